The van der Waals surface area contributed by atoms with Gasteiger partial charge in [-0.2, -0.15) is 0 Å². The van der Waals surface area contributed by atoms with E-state index in [1.165, 1.54) is 0 Å². The number of benzene rings is 1. The Labute approximate surface area is 118 Å². The molecule has 4 nitrogen and oxygen atoms in total. The maximum absolute atomic E-state index is 12.1. The normalized spacial score (nSPS) is 10.2. The molecule has 0 aliphatic heterocycles. The zero-order chi connectivity index (χ0) is 14.5. The third-order valence-electron chi connectivity index (χ3n) is 2.97. The highest BCUT2D eigenvalue weighted by atomic mass is 16.5. The van der Waals surface area contributed by atoms with E-state index in [1.807, 2.05) is 32.9 Å². The van der Waals surface area contributed by atoms with Crippen molar-refractivity contribution >= 4 is 11.6 Å². The van der Waals surface area contributed by atoms with E-state index >= 15 is 0 Å². The van der Waals surface area contributed by atoms with Crippen LogP contribution in [-0.4, -0.2) is 17.5 Å². The highest BCUT2D eigenvalue weighted by molar-refractivity contribution is 6.03. The Morgan fingerprint density at radius 2 is 2.05 bits per heavy atom. The van der Waals surface area contributed by atoms with Crippen molar-refractivity contribution in [2.75, 3.05) is 11.9 Å². The summed E-state index contributed by atoms with van der Waals surface area (Å²) in [5, 5.41) is 2.88. The van der Waals surface area contributed by atoms with Crippen LogP contribution in [0.4, 0.5) is 5.69 Å². The number of rotatable bonds is 4. The number of carbonyl (C=O) groups excluding carboxylic acids is 1. The SMILES string of the molecule is CCOc1cc(C)c(NC(=O)c2ccccn2)cc1C. The first kappa shape index (κ1) is 14.1. The molecule has 0 spiro atoms. The first-order chi connectivity index (χ1) is 9.61. The van der Waals surface area contributed by atoms with E-state index in [1.54, 1.807) is 24.4 Å². The van der Waals surface area contributed by atoms with Crippen LogP contribution >= 0.6 is 0 Å². The number of amides is 1. The van der Waals surface area contributed by atoms with Gasteiger partial charge in [0.15, 0.2) is 0 Å². The minimum Gasteiger partial charge on any atom is -0.494 e. The molecule has 0 aliphatic carbocycles. The van der Waals surface area contributed by atoms with Crippen molar-refractivity contribution in [1.29, 1.82) is 0 Å². The molecule has 1 heterocycles. The molecule has 4 heteroatoms. The molecule has 2 rings (SSSR count). The zero-order valence-corrected chi connectivity index (χ0v) is 11.9. The van der Waals surface area contributed by atoms with Crippen LogP contribution < -0.4 is 10.1 Å². The van der Waals surface area contributed by atoms with Gasteiger partial charge in [-0.15, -0.1) is 0 Å². The van der Waals surface area contributed by atoms with Crippen LogP contribution in [0.1, 0.15) is 28.5 Å². The van der Waals surface area contributed by atoms with Crippen molar-refractivity contribution in [3.05, 3.63) is 53.3 Å². The molecule has 0 atom stereocenters. The van der Waals surface area contributed by atoms with E-state index in [0.29, 0.717) is 12.3 Å². The van der Waals surface area contributed by atoms with E-state index in [4.69, 9.17) is 4.74 Å². The number of nitrogens with one attached hydrogen (secondary N) is 1. The first-order valence-corrected chi connectivity index (χ1v) is 6.58. The Morgan fingerprint density at radius 1 is 1.25 bits per heavy atom. The van der Waals surface area contributed by atoms with Crippen LogP contribution in [0.25, 0.3) is 0 Å². The zero-order valence-electron chi connectivity index (χ0n) is 11.9. The lowest BCUT2D eigenvalue weighted by atomic mass is 10.1. The second kappa shape index (κ2) is 6.19. The standard InChI is InChI=1S/C16H18N2O2/c1-4-20-15-10-11(2)14(9-12(15)3)18-16(19)13-7-5-6-8-17-13/h5-10H,4H2,1-3H3,(H,18,19). The lowest BCUT2D eigenvalue weighted by Crippen LogP contribution is -2.14. The molecule has 1 N–H and O–H groups in total. The maximum atomic E-state index is 12.1. The van der Waals surface area contributed by atoms with Crippen molar-refractivity contribution in [2.24, 2.45) is 0 Å². The number of aryl methyl sites for hydroxylation is 2. The van der Waals surface area contributed by atoms with Gasteiger partial charge in [0, 0.05) is 11.9 Å². The van der Waals surface area contributed by atoms with Gasteiger partial charge in [-0.3, -0.25) is 9.78 Å². The molecule has 2 aromatic rings. The van der Waals surface area contributed by atoms with Gasteiger partial charge in [-0.1, -0.05) is 6.07 Å². The molecule has 0 unspecified atom stereocenters. The average molecular weight is 270 g/mol. The minimum absolute atomic E-state index is 0.211. The van der Waals surface area contributed by atoms with Crippen LogP contribution in [0.5, 0.6) is 5.75 Å². The molecule has 1 amide bonds. The molecule has 0 aliphatic rings. The molecule has 0 saturated heterocycles. The Balaban J connectivity index is 2.22. The van der Waals surface area contributed by atoms with Crippen LogP contribution in [0.15, 0.2) is 36.5 Å². The maximum Gasteiger partial charge on any atom is 0.274 e. The van der Waals surface area contributed by atoms with Gasteiger partial charge in [0.05, 0.1) is 6.61 Å². The van der Waals surface area contributed by atoms with Gasteiger partial charge in [-0.25, -0.2) is 0 Å². The first-order valence-electron chi connectivity index (χ1n) is 6.58. The lowest BCUT2D eigenvalue weighted by Gasteiger charge is -2.13. The number of hydrogen-bond donors (Lipinski definition) is 1. The summed E-state index contributed by atoms with van der Waals surface area (Å²) in [4.78, 5) is 16.1. The third kappa shape index (κ3) is 3.15. The summed E-state index contributed by atoms with van der Waals surface area (Å²) in [5.41, 5.74) is 3.14. The molecule has 0 bridgehead atoms. The average Bonchev–Trinajstić information content (AvgIpc) is 2.45. The number of hydrogen-bond acceptors (Lipinski definition) is 3. The number of ether oxygens (including phenoxy) is 1. The largest absolute Gasteiger partial charge is 0.494 e. The number of nitrogens with zero attached hydrogens (tertiary/aromatic N) is 1. The highest BCUT2D eigenvalue weighted by Gasteiger charge is 2.10. The van der Waals surface area contributed by atoms with E-state index in [-0.39, 0.29) is 5.91 Å². The summed E-state index contributed by atoms with van der Waals surface area (Å²) in [6, 6.07) is 9.11. The quantitative estimate of drug-likeness (QED) is 0.927. The van der Waals surface area contributed by atoms with Gasteiger partial charge >= 0.3 is 0 Å². The number of aromatic nitrogens is 1. The molecular weight excluding hydrogens is 252 g/mol. The van der Waals surface area contributed by atoms with Crippen LogP contribution in [-0.2, 0) is 0 Å². The smallest absolute Gasteiger partial charge is 0.274 e. The Bertz CT molecular complexity index is 609. The summed E-state index contributed by atoms with van der Waals surface area (Å²) in [6.07, 6.45) is 1.60. The minimum atomic E-state index is -0.211. The van der Waals surface area contributed by atoms with Crippen LogP contribution in [0, 0.1) is 13.8 Å². The van der Waals surface area contributed by atoms with E-state index in [2.05, 4.69) is 10.3 Å². The monoisotopic (exact) mass is 270 g/mol. The Kier molecular flexibility index (Phi) is 4.35. The van der Waals surface area contributed by atoms with Gasteiger partial charge in [0.1, 0.15) is 11.4 Å². The molecule has 0 fully saturated rings. The summed E-state index contributed by atoms with van der Waals surface area (Å²) < 4.78 is 5.54. The summed E-state index contributed by atoms with van der Waals surface area (Å²) in [6.45, 7) is 6.47. The van der Waals surface area contributed by atoms with E-state index in [9.17, 15) is 4.79 Å². The van der Waals surface area contributed by atoms with Crippen molar-refractivity contribution < 1.29 is 9.53 Å². The molecule has 104 valence electrons. The Hall–Kier alpha value is -2.36. The van der Waals surface area contributed by atoms with Gasteiger partial charge in [0.25, 0.3) is 5.91 Å². The van der Waals surface area contributed by atoms with Gasteiger partial charge < -0.3 is 10.1 Å². The number of anilines is 1. The summed E-state index contributed by atoms with van der Waals surface area (Å²) in [5.74, 6) is 0.637. The second-order valence-corrected chi connectivity index (χ2v) is 4.53. The molecule has 1 aromatic carbocycles. The lowest BCUT2D eigenvalue weighted by molar-refractivity contribution is 0.102. The van der Waals surface area contributed by atoms with Gasteiger partial charge in [0.2, 0.25) is 0 Å². The molecule has 0 saturated carbocycles. The van der Waals surface area contributed by atoms with E-state index < -0.39 is 0 Å². The van der Waals surface area contributed by atoms with Gasteiger partial charge in [-0.05, 0) is 56.2 Å². The van der Waals surface area contributed by atoms with E-state index in [0.717, 1.165) is 22.6 Å². The number of carbonyl (C=O) groups is 1. The van der Waals surface area contributed by atoms with Crippen molar-refractivity contribution in [3.63, 3.8) is 0 Å². The molecule has 1 aromatic heterocycles. The predicted octanol–water partition coefficient (Wildman–Crippen LogP) is 3.35. The third-order valence-corrected chi connectivity index (χ3v) is 2.97. The fourth-order valence-electron chi connectivity index (χ4n) is 1.92. The fourth-order valence-corrected chi connectivity index (χ4v) is 1.92. The van der Waals surface area contributed by atoms with Crippen molar-refractivity contribution in [1.82, 2.24) is 4.98 Å². The highest BCUT2D eigenvalue weighted by Crippen LogP contribution is 2.26. The van der Waals surface area contributed by atoms with Crippen LogP contribution in [0.2, 0.25) is 0 Å². The Morgan fingerprint density at radius 3 is 2.70 bits per heavy atom. The second-order valence-electron chi connectivity index (χ2n) is 4.53. The summed E-state index contributed by atoms with van der Waals surface area (Å²) in [7, 11) is 0. The molecule has 20 heavy (non-hydrogen) atoms. The fraction of sp³-hybridized carbons (Fsp3) is 0.250. The van der Waals surface area contributed by atoms with Crippen molar-refractivity contribution in [3.8, 4) is 5.75 Å². The summed E-state index contributed by atoms with van der Waals surface area (Å²) >= 11 is 0. The molecular formula is C16H18N2O2. The topological polar surface area (TPSA) is 51.2 Å². The number of pyridine rings is 1. The molecule has 0 radical (unpaired) electrons. The van der Waals surface area contributed by atoms with Crippen LogP contribution in [0.3, 0.4) is 0 Å². The predicted molar refractivity (Wildman–Crippen MR) is 79.3 cm³/mol. The van der Waals surface area contributed by atoms with Crippen molar-refractivity contribution in [2.45, 2.75) is 20.8 Å².